The van der Waals surface area contributed by atoms with Crippen LogP contribution >= 0.6 is 0 Å². The number of aryl methyl sites for hydroxylation is 1. The Bertz CT molecular complexity index is 669. The molecule has 1 aliphatic rings. The molecule has 2 rings (SSSR count). The normalized spacial score (nSPS) is 29.9. The summed E-state index contributed by atoms with van der Waals surface area (Å²) in [6, 6.07) is 7.33. The van der Waals surface area contributed by atoms with Gasteiger partial charge in [0.15, 0.2) is 0 Å². The first-order chi connectivity index (χ1) is 11.2. The van der Waals surface area contributed by atoms with Gasteiger partial charge < -0.3 is 15.7 Å². The predicted molar refractivity (Wildman–Crippen MR) is 89.3 cm³/mol. The number of aliphatic hydroxyl groups is 1. The molecule has 0 aromatic heterocycles. The van der Waals surface area contributed by atoms with E-state index in [-0.39, 0.29) is 18.1 Å². The number of Topliss-reactive ketones (excluding diaryl/α,β-unsaturated/α-hetero) is 1. The van der Waals surface area contributed by atoms with Gasteiger partial charge in [-0.15, -0.1) is 0 Å². The van der Waals surface area contributed by atoms with Crippen molar-refractivity contribution in [3.8, 4) is 0 Å². The van der Waals surface area contributed by atoms with Gasteiger partial charge in [-0.3, -0.25) is 14.4 Å². The zero-order valence-electron chi connectivity index (χ0n) is 14.4. The molecule has 1 fully saturated rings. The summed E-state index contributed by atoms with van der Waals surface area (Å²) in [4.78, 5) is 37.5. The lowest BCUT2D eigenvalue weighted by molar-refractivity contribution is -0.154. The van der Waals surface area contributed by atoms with Gasteiger partial charge in [-0.2, -0.15) is 0 Å². The van der Waals surface area contributed by atoms with Crippen LogP contribution in [0.15, 0.2) is 24.3 Å². The summed E-state index contributed by atoms with van der Waals surface area (Å²) in [6.45, 7) is 3.35. The van der Waals surface area contributed by atoms with E-state index in [1.807, 2.05) is 19.1 Å². The van der Waals surface area contributed by atoms with Crippen LogP contribution in [0.25, 0.3) is 0 Å². The molecule has 4 unspecified atom stereocenters. The second kappa shape index (κ2) is 6.73. The van der Waals surface area contributed by atoms with Crippen LogP contribution in [-0.4, -0.2) is 42.4 Å². The topological polar surface area (TPSA) is 95.5 Å². The summed E-state index contributed by atoms with van der Waals surface area (Å²) >= 11 is 0. The summed E-state index contributed by atoms with van der Waals surface area (Å²) in [5.41, 5.74) is 0.0816. The van der Waals surface area contributed by atoms with Crippen LogP contribution in [0.3, 0.4) is 0 Å². The maximum atomic E-state index is 12.6. The molecule has 3 N–H and O–H groups in total. The van der Waals surface area contributed by atoms with Crippen molar-refractivity contribution < 1.29 is 19.5 Å². The first kappa shape index (κ1) is 18.1. The molecule has 24 heavy (non-hydrogen) atoms. The van der Waals surface area contributed by atoms with Gasteiger partial charge in [0.25, 0.3) is 0 Å². The quantitative estimate of drug-likeness (QED) is 0.704. The maximum absolute atomic E-state index is 12.6. The second-order valence-corrected chi connectivity index (χ2v) is 6.57. The van der Waals surface area contributed by atoms with E-state index in [1.54, 1.807) is 12.1 Å². The molecule has 0 bridgehead atoms. The number of nitrogens with one attached hydrogen (secondary N) is 2. The number of carbonyl (C=O) groups excluding carboxylic acids is 3. The maximum Gasteiger partial charge on any atom is 0.230 e. The highest BCUT2D eigenvalue weighted by Gasteiger charge is 2.55. The molecule has 1 aliphatic carbocycles. The number of amides is 2. The second-order valence-electron chi connectivity index (χ2n) is 6.57. The zero-order valence-corrected chi connectivity index (χ0v) is 14.4. The lowest BCUT2D eigenvalue weighted by Crippen LogP contribution is -2.57. The molecule has 6 nitrogen and oxygen atoms in total. The molecule has 130 valence electrons. The van der Waals surface area contributed by atoms with Gasteiger partial charge >= 0.3 is 0 Å². The van der Waals surface area contributed by atoms with Crippen LogP contribution in [0.1, 0.15) is 30.4 Å². The molecule has 1 saturated carbocycles. The first-order valence-corrected chi connectivity index (χ1v) is 7.98. The van der Waals surface area contributed by atoms with Gasteiger partial charge in [0.2, 0.25) is 11.8 Å². The van der Waals surface area contributed by atoms with Crippen molar-refractivity contribution in [2.45, 2.75) is 31.8 Å². The largest absolute Gasteiger partial charge is 0.389 e. The van der Waals surface area contributed by atoms with Crippen LogP contribution in [0.4, 0.5) is 0 Å². The summed E-state index contributed by atoms with van der Waals surface area (Å²) in [6.07, 6.45) is -0.231. The molecule has 0 saturated heterocycles. The Balaban J connectivity index is 2.68. The van der Waals surface area contributed by atoms with Gasteiger partial charge in [0.1, 0.15) is 11.7 Å². The minimum atomic E-state index is -1.52. The van der Waals surface area contributed by atoms with Crippen molar-refractivity contribution in [3.05, 3.63) is 35.4 Å². The Morgan fingerprint density at radius 2 is 1.75 bits per heavy atom. The highest BCUT2D eigenvalue weighted by molar-refractivity contribution is 6.05. The van der Waals surface area contributed by atoms with Crippen molar-refractivity contribution in [2.24, 2.45) is 11.8 Å². The third-order valence-corrected chi connectivity index (χ3v) is 4.87. The highest BCUT2D eigenvalue weighted by atomic mass is 16.3. The van der Waals surface area contributed by atoms with E-state index in [2.05, 4.69) is 10.6 Å². The van der Waals surface area contributed by atoms with Crippen molar-refractivity contribution in [1.82, 2.24) is 10.6 Å². The van der Waals surface area contributed by atoms with E-state index in [1.165, 1.54) is 21.0 Å². The summed E-state index contributed by atoms with van der Waals surface area (Å²) < 4.78 is 0. The molecule has 2 amide bonds. The Morgan fingerprint density at radius 1 is 1.17 bits per heavy atom. The molecular weight excluding hydrogens is 308 g/mol. The minimum Gasteiger partial charge on any atom is -0.389 e. The molecule has 0 spiro atoms. The van der Waals surface area contributed by atoms with Crippen molar-refractivity contribution in [1.29, 1.82) is 0 Å². The van der Waals surface area contributed by atoms with E-state index < -0.39 is 29.3 Å². The first-order valence-electron chi connectivity index (χ1n) is 7.98. The van der Waals surface area contributed by atoms with Crippen LogP contribution < -0.4 is 10.6 Å². The van der Waals surface area contributed by atoms with E-state index >= 15 is 0 Å². The van der Waals surface area contributed by atoms with Gasteiger partial charge in [0, 0.05) is 26.4 Å². The molecule has 0 radical (unpaired) electrons. The molecule has 4 atom stereocenters. The molecule has 1 aromatic carbocycles. The average Bonchev–Trinajstić information content (AvgIpc) is 2.52. The molecule has 6 heteroatoms. The molecule has 0 heterocycles. The summed E-state index contributed by atoms with van der Waals surface area (Å²) in [7, 11) is 2.95. The summed E-state index contributed by atoms with van der Waals surface area (Å²) in [5, 5.41) is 15.9. The van der Waals surface area contributed by atoms with Gasteiger partial charge in [-0.25, -0.2) is 0 Å². The van der Waals surface area contributed by atoms with Crippen molar-refractivity contribution in [2.75, 3.05) is 14.1 Å². The standard InChI is InChI=1S/C18H24N2O4/c1-10-7-5-6-8-11(10)13-14(16(22)19-3)12(21)9-18(2,24)15(13)17(23)20-4/h5-8,13-15,24H,9H2,1-4H3,(H,19,22)(H,20,23). The SMILES string of the molecule is CNC(=O)C1C(=O)CC(C)(O)C(C(=O)NC)C1c1ccccc1C. The number of benzene rings is 1. The number of carbonyl (C=O) groups is 3. The Morgan fingerprint density at radius 3 is 2.29 bits per heavy atom. The monoisotopic (exact) mass is 332 g/mol. The molecule has 0 aliphatic heterocycles. The van der Waals surface area contributed by atoms with Crippen LogP contribution in [0.5, 0.6) is 0 Å². The Kier molecular flexibility index (Phi) is 5.08. The van der Waals surface area contributed by atoms with Crippen LogP contribution in [-0.2, 0) is 14.4 Å². The predicted octanol–water partition coefficient (Wildman–Crippen LogP) is 0.527. The highest BCUT2D eigenvalue weighted by Crippen LogP contribution is 2.46. The van der Waals surface area contributed by atoms with Crippen molar-refractivity contribution >= 4 is 17.6 Å². The molecule has 1 aromatic rings. The fraction of sp³-hybridized carbons (Fsp3) is 0.500. The fourth-order valence-electron chi connectivity index (χ4n) is 3.74. The zero-order chi connectivity index (χ0) is 18.1. The Hall–Kier alpha value is -2.21. The van der Waals surface area contributed by atoms with E-state index in [0.29, 0.717) is 0 Å². The number of ketones is 1. The number of rotatable bonds is 3. The van der Waals surface area contributed by atoms with Crippen LogP contribution in [0.2, 0.25) is 0 Å². The summed E-state index contributed by atoms with van der Waals surface area (Å²) in [5.74, 6) is -3.79. The number of hydrogen-bond donors (Lipinski definition) is 3. The van der Waals surface area contributed by atoms with Crippen molar-refractivity contribution in [3.63, 3.8) is 0 Å². The Labute approximate surface area is 141 Å². The smallest absolute Gasteiger partial charge is 0.230 e. The van der Waals surface area contributed by atoms with Gasteiger partial charge in [0.05, 0.1) is 11.5 Å². The van der Waals surface area contributed by atoms with E-state index in [0.717, 1.165) is 11.1 Å². The lowest BCUT2D eigenvalue weighted by Gasteiger charge is -2.44. The minimum absolute atomic E-state index is 0.231. The average molecular weight is 332 g/mol. The molecular formula is C18H24N2O4. The third-order valence-electron chi connectivity index (χ3n) is 4.87. The van der Waals surface area contributed by atoms with E-state index in [9.17, 15) is 19.5 Å². The van der Waals surface area contributed by atoms with E-state index in [4.69, 9.17) is 0 Å². The van der Waals surface area contributed by atoms with Crippen LogP contribution in [0, 0.1) is 18.8 Å². The third kappa shape index (κ3) is 3.06. The van der Waals surface area contributed by atoms with Gasteiger partial charge in [-0.1, -0.05) is 24.3 Å². The fourth-order valence-corrected chi connectivity index (χ4v) is 3.74. The lowest BCUT2D eigenvalue weighted by atomic mass is 9.60. The number of hydrogen-bond acceptors (Lipinski definition) is 4. The van der Waals surface area contributed by atoms with Gasteiger partial charge in [-0.05, 0) is 25.0 Å².